The fourth-order valence-electron chi connectivity index (χ4n) is 2.08. The zero-order valence-electron chi connectivity index (χ0n) is 12.3. The lowest BCUT2D eigenvalue weighted by Crippen LogP contribution is -2.14. The summed E-state index contributed by atoms with van der Waals surface area (Å²) in [5, 5.41) is 3.45. The highest BCUT2D eigenvalue weighted by Crippen LogP contribution is 2.10. The molecule has 0 radical (unpaired) electrons. The third kappa shape index (κ3) is 6.85. The molecule has 2 nitrogen and oxygen atoms in total. The van der Waals surface area contributed by atoms with Gasteiger partial charge in [0.15, 0.2) is 0 Å². The van der Waals surface area contributed by atoms with Gasteiger partial charge in [-0.25, -0.2) is 0 Å². The van der Waals surface area contributed by atoms with E-state index in [1.54, 1.807) is 0 Å². The van der Waals surface area contributed by atoms with Crippen molar-refractivity contribution >= 4 is 0 Å². The highest BCUT2D eigenvalue weighted by Gasteiger charge is 1.99. The second-order valence-corrected chi connectivity index (χ2v) is 5.50. The number of hydrogen-bond donors (Lipinski definition) is 1. The Balaban J connectivity index is 1.92. The first kappa shape index (κ1) is 15.3. The fourth-order valence-corrected chi connectivity index (χ4v) is 2.08. The molecule has 0 aromatic carbocycles. The summed E-state index contributed by atoms with van der Waals surface area (Å²) in [5.41, 5.74) is 0. The Morgan fingerprint density at radius 3 is 2.44 bits per heavy atom. The lowest BCUT2D eigenvalue weighted by Gasteiger charge is -2.05. The van der Waals surface area contributed by atoms with E-state index in [1.807, 2.05) is 0 Å². The van der Waals surface area contributed by atoms with Gasteiger partial charge in [0.1, 0.15) is 11.5 Å². The molecular formula is C16H29NO. The van der Waals surface area contributed by atoms with Gasteiger partial charge in [0.2, 0.25) is 0 Å². The van der Waals surface area contributed by atoms with Crippen LogP contribution < -0.4 is 5.32 Å². The zero-order chi connectivity index (χ0) is 13.2. The number of unbranched alkanes of at least 4 members (excludes halogenated alkanes) is 3. The summed E-state index contributed by atoms with van der Waals surface area (Å²) >= 11 is 0. The molecule has 0 amide bonds. The molecule has 0 saturated carbocycles. The number of furan rings is 1. The van der Waals surface area contributed by atoms with Crippen LogP contribution in [0, 0.1) is 5.92 Å². The topological polar surface area (TPSA) is 25.2 Å². The van der Waals surface area contributed by atoms with Crippen LogP contribution in [0.4, 0.5) is 0 Å². The predicted molar refractivity (Wildman–Crippen MR) is 77.7 cm³/mol. The van der Waals surface area contributed by atoms with E-state index in [4.69, 9.17) is 4.42 Å². The Kier molecular flexibility index (Phi) is 7.83. The van der Waals surface area contributed by atoms with Crippen molar-refractivity contribution < 1.29 is 4.42 Å². The first-order valence-electron chi connectivity index (χ1n) is 7.50. The van der Waals surface area contributed by atoms with Crippen molar-refractivity contribution in [3.63, 3.8) is 0 Å². The molecule has 1 rings (SSSR count). The first-order valence-corrected chi connectivity index (χ1v) is 7.50. The van der Waals surface area contributed by atoms with Crippen molar-refractivity contribution in [3.05, 3.63) is 23.7 Å². The van der Waals surface area contributed by atoms with E-state index in [-0.39, 0.29) is 0 Å². The van der Waals surface area contributed by atoms with Gasteiger partial charge < -0.3 is 9.73 Å². The lowest BCUT2D eigenvalue weighted by atomic mass is 10.0. The molecule has 0 spiro atoms. The maximum absolute atomic E-state index is 5.64. The Morgan fingerprint density at radius 2 is 1.78 bits per heavy atom. The summed E-state index contributed by atoms with van der Waals surface area (Å²) in [6, 6.07) is 4.15. The summed E-state index contributed by atoms with van der Waals surface area (Å²) in [6.07, 6.45) is 7.74. The summed E-state index contributed by atoms with van der Waals surface area (Å²) < 4.78 is 5.64. The minimum atomic E-state index is 0.856. The van der Waals surface area contributed by atoms with Gasteiger partial charge in [0.25, 0.3) is 0 Å². The monoisotopic (exact) mass is 251 g/mol. The second-order valence-electron chi connectivity index (χ2n) is 5.50. The van der Waals surface area contributed by atoms with Crippen molar-refractivity contribution in [1.29, 1.82) is 0 Å². The van der Waals surface area contributed by atoms with E-state index in [0.717, 1.165) is 36.9 Å². The summed E-state index contributed by atoms with van der Waals surface area (Å²) in [6.45, 7) is 8.69. The third-order valence-corrected chi connectivity index (χ3v) is 3.25. The smallest absolute Gasteiger partial charge is 0.117 e. The lowest BCUT2D eigenvalue weighted by molar-refractivity contribution is 0.446. The SMILES string of the molecule is CCc1ccc(CNCCCCCCC(C)C)o1. The van der Waals surface area contributed by atoms with E-state index >= 15 is 0 Å². The number of rotatable bonds is 10. The van der Waals surface area contributed by atoms with Crippen LogP contribution in [0.5, 0.6) is 0 Å². The van der Waals surface area contributed by atoms with E-state index in [9.17, 15) is 0 Å². The van der Waals surface area contributed by atoms with Gasteiger partial charge in [-0.1, -0.05) is 46.5 Å². The quantitative estimate of drug-likeness (QED) is 0.618. The van der Waals surface area contributed by atoms with Crippen LogP contribution in [0.3, 0.4) is 0 Å². The number of nitrogens with one attached hydrogen (secondary N) is 1. The van der Waals surface area contributed by atoms with Gasteiger partial charge >= 0.3 is 0 Å². The van der Waals surface area contributed by atoms with Crippen LogP contribution in [0.2, 0.25) is 0 Å². The molecule has 1 aromatic heterocycles. The molecular weight excluding hydrogens is 222 g/mol. The molecule has 0 aliphatic rings. The van der Waals surface area contributed by atoms with Gasteiger partial charge in [0.05, 0.1) is 6.54 Å². The molecule has 0 saturated heterocycles. The van der Waals surface area contributed by atoms with Gasteiger partial charge in [-0.15, -0.1) is 0 Å². The Hall–Kier alpha value is -0.760. The Morgan fingerprint density at radius 1 is 1.06 bits per heavy atom. The molecule has 1 aromatic rings. The molecule has 0 atom stereocenters. The maximum Gasteiger partial charge on any atom is 0.117 e. The molecule has 1 N–H and O–H groups in total. The average Bonchev–Trinajstić information content (AvgIpc) is 2.80. The van der Waals surface area contributed by atoms with Crippen molar-refractivity contribution in [2.45, 2.75) is 65.8 Å². The van der Waals surface area contributed by atoms with Crippen LogP contribution in [-0.4, -0.2) is 6.54 Å². The van der Waals surface area contributed by atoms with Crippen LogP contribution in [0.15, 0.2) is 16.5 Å². The molecule has 1 heterocycles. The summed E-state index contributed by atoms with van der Waals surface area (Å²) in [5.74, 6) is 3.00. The van der Waals surface area contributed by atoms with Crippen LogP contribution in [0.1, 0.15) is 64.4 Å². The van der Waals surface area contributed by atoms with E-state index < -0.39 is 0 Å². The molecule has 0 fully saturated rings. The molecule has 104 valence electrons. The standard InChI is InChI=1S/C16H29NO/c1-4-15-10-11-16(18-15)13-17-12-8-6-5-7-9-14(2)3/h10-11,14,17H,4-9,12-13H2,1-3H3. The Bertz CT molecular complexity index is 304. The van der Waals surface area contributed by atoms with Crippen LogP contribution in [-0.2, 0) is 13.0 Å². The highest BCUT2D eigenvalue weighted by atomic mass is 16.3. The van der Waals surface area contributed by atoms with E-state index in [1.165, 1.54) is 32.1 Å². The normalized spacial score (nSPS) is 11.3. The largest absolute Gasteiger partial charge is 0.465 e. The van der Waals surface area contributed by atoms with E-state index in [2.05, 4.69) is 38.2 Å². The second kappa shape index (κ2) is 9.21. The molecule has 0 aliphatic heterocycles. The fraction of sp³-hybridized carbons (Fsp3) is 0.750. The summed E-state index contributed by atoms with van der Waals surface area (Å²) in [7, 11) is 0. The number of hydrogen-bond acceptors (Lipinski definition) is 2. The van der Waals surface area contributed by atoms with Gasteiger partial charge in [-0.3, -0.25) is 0 Å². The van der Waals surface area contributed by atoms with Crippen molar-refractivity contribution in [2.75, 3.05) is 6.54 Å². The highest BCUT2D eigenvalue weighted by molar-refractivity contribution is 5.06. The zero-order valence-corrected chi connectivity index (χ0v) is 12.3. The molecule has 0 bridgehead atoms. The van der Waals surface area contributed by atoms with Crippen molar-refractivity contribution in [1.82, 2.24) is 5.32 Å². The molecule has 2 heteroatoms. The number of aryl methyl sites for hydroxylation is 1. The molecule has 18 heavy (non-hydrogen) atoms. The average molecular weight is 251 g/mol. The Labute approximate surface area is 112 Å². The first-order chi connectivity index (χ1) is 8.72. The minimum absolute atomic E-state index is 0.856. The van der Waals surface area contributed by atoms with Crippen LogP contribution in [0.25, 0.3) is 0 Å². The van der Waals surface area contributed by atoms with Crippen molar-refractivity contribution in [2.24, 2.45) is 5.92 Å². The van der Waals surface area contributed by atoms with Crippen LogP contribution >= 0.6 is 0 Å². The van der Waals surface area contributed by atoms with Crippen molar-refractivity contribution in [3.8, 4) is 0 Å². The van der Waals surface area contributed by atoms with Gasteiger partial charge in [-0.05, 0) is 31.0 Å². The molecule has 0 aliphatic carbocycles. The summed E-state index contributed by atoms with van der Waals surface area (Å²) in [4.78, 5) is 0. The third-order valence-electron chi connectivity index (χ3n) is 3.25. The van der Waals surface area contributed by atoms with Gasteiger partial charge in [-0.2, -0.15) is 0 Å². The van der Waals surface area contributed by atoms with E-state index in [0.29, 0.717) is 0 Å². The molecule has 0 unspecified atom stereocenters. The van der Waals surface area contributed by atoms with Gasteiger partial charge in [0, 0.05) is 6.42 Å². The predicted octanol–water partition coefficient (Wildman–Crippen LogP) is 4.54. The minimum Gasteiger partial charge on any atom is -0.465 e. The maximum atomic E-state index is 5.64.